The number of ether oxygens (including phenoxy) is 1. The van der Waals surface area contributed by atoms with Gasteiger partial charge in [-0.25, -0.2) is 14.0 Å². The Hall–Kier alpha value is -1.67. The van der Waals surface area contributed by atoms with E-state index in [9.17, 15) is 14.0 Å². The zero-order valence-electron chi connectivity index (χ0n) is 9.78. The van der Waals surface area contributed by atoms with Gasteiger partial charge in [0, 0.05) is 11.0 Å². The summed E-state index contributed by atoms with van der Waals surface area (Å²) in [6.45, 7) is -0.158. The van der Waals surface area contributed by atoms with E-state index in [1.54, 1.807) is 0 Å². The molecule has 0 aliphatic rings. The molecule has 0 saturated carbocycles. The summed E-state index contributed by atoms with van der Waals surface area (Å²) >= 11 is 3.11. The molecule has 0 unspecified atom stereocenters. The summed E-state index contributed by atoms with van der Waals surface area (Å²) in [7, 11) is 0. The summed E-state index contributed by atoms with van der Waals surface area (Å²) in [6.07, 6.45) is 0. The number of rotatable bonds is 6. The van der Waals surface area contributed by atoms with Crippen LogP contribution < -0.4 is 10.6 Å². The predicted molar refractivity (Wildman–Crippen MR) is 69.6 cm³/mol. The molecule has 8 heteroatoms. The average molecular weight is 335 g/mol. The molecule has 0 fully saturated rings. The Morgan fingerprint density at radius 2 is 2.16 bits per heavy atom. The van der Waals surface area contributed by atoms with Crippen LogP contribution in [-0.2, 0) is 9.53 Å². The number of nitrogens with one attached hydrogen (secondary N) is 2. The Labute approximate surface area is 117 Å². The van der Waals surface area contributed by atoms with E-state index in [0.29, 0.717) is 10.2 Å². The lowest BCUT2D eigenvalue weighted by atomic mass is 10.3. The van der Waals surface area contributed by atoms with Gasteiger partial charge in [0.05, 0.1) is 12.3 Å². The van der Waals surface area contributed by atoms with Crippen molar-refractivity contribution in [1.82, 2.24) is 5.32 Å². The number of halogens is 2. The van der Waals surface area contributed by atoms with Gasteiger partial charge in [-0.2, -0.15) is 0 Å². The molecule has 1 rings (SSSR count). The summed E-state index contributed by atoms with van der Waals surface area (Å²) in [4.78, 5) is 21.6. The summed E-state index contributed by atoms with van der Waals surface area (Å²) in [5.74, 6) is -1.49. The number of hydrogen-bond donors (Lipinski definition) is 3. The van der Waals surface area contributed by atoms with Crippen LogP contribution in [0.25, 0.3) is 0 Å². The second-order valence-corrected chi connectivity index (χ2v) is 4.31. The topological polar surface area (TPSA) is 87.7 Å². The highest BCUT2D eigenvalue weighted by molar-refractivity contribution is 9.10. The molecular weight excluding hydrogens is 323 g/mol. The maximum absolute atomic E-state index is 12.8. The molecule has 2 amide bonds. The van der Waals surface area contributed by atoms with Gasteiger partial charge < -0.3 is 20.5 Å². The van der Waals surface area contributed by atoms with Crippen molar-refractivity contribution in [2.24, 2.45) is 0 Å². The molecule has 0 aromatic heterocycles. The first-order valence-corrected chi connectivity index (χ1v) is 6.08. The highest BCUT2D eigenvalue weighted by Crippen LogP contribution is 2.22. The highest BCUT2D eigenvalue weighted by atomic mass is 79.9. The molecule has 0 aliphatic heterocycles. The smallest absolute Gasteiger partial charge is 0.329 e. The third kappa shape index (κ3) is 6.16. The second kappa shape index (κ2) is 7.70. The minimum atomic E-state index is -1.07. The van der Waals surface area contributed by atoms with Crippen molar-refractivity contribution < 1.29 is 23.8 Å². The molecule has 104 valence electrons. The van der Waals surface area contributed by atoms with Crippen LogP contribution in [0.4, 0.5) is 14.9 Å². The number of urea groups is 1. The standard InChI is InChI=1S/C11H12BrFN2O4/c12-8-5-7(13)1-2-9(8)15-11(18)14-3-4-19-6-10(16)17/h1-2,5H,3-4,6H2,(H,16,17)(H2,14,15,18). The summed E-state index contributed by atoms with van der Waals surface area (Å²) < 4.78 is 18.0. The van der Waals surface area contributed by atoms with E-state index in [1.165, 1.54) is 18.2 Å². The van der Waals surface area contributed by atoms with Gasteiger partial charge in [0.25, 0.3) is 0 Å². The summed E-state index contributed by atoms with van der Waals surface area (Å²) in [5, 5.41) is 13.3. The highest BCUT2D eigenvalue weighted by Gasteiger charge is 2.05. The summed E-state index contributed by atoms with van der Waals surface area (Å²) in [6, 6.07) is 3.37. The van der Waals surface area contributed by atoms with Crippen molar-refractivity contribution in [3.63, 3.8) is 0 Å². The molecule has 0 atom stereocenters. The molecule has 19 heavy (non-hydrogen) atoms. The van der Waals surface area contributed by atoms with E-state index in [1.807, 2.05) is 0 Å². The fraction of sp³-hybridized carbons (Fsp3) is 0.273. The van der Waals surface area contributed by atoms with Crippen LogP contribution in [0.5, 0.6) is 0 Å². The zero-order chi connectivity index (χ0) is 14.3. The van der Waals surface area contributed by atoms with E-state index >= 15 is 0 Å². The lowest BCUT2D eigenvalue weighted by molar-refractivity contribution is -0.142. The number of hydrogen-bond acceptors (Lipinski definition) is 3. The first-order valence-electron chi connectivity index (χ1n) is 5.28. The number of carboxylic acids is 1. The predicted octanol–water partition coefficient (Wildman–Crippen LogP) is 1.81. The van der Waals surface area contributed by atoms with Crippen LogP contribution in [0.3, 0.4) is 0 Å². The zero-order valence-corrected chi connectivity index (χ0v) is 11.4. The largest absolute Gasteiger partial charge is 0.480 e. The van der Waals surface area contributed by atoms with Gasteiger partial charge in [-0.05, 0) is 34.1 Å². The number of aliphatic carboxylic acids is 1. The quantitative estimate of drug-likeness (QED) is 0.692. The molecule has 0 radical (unpaired) electrons. The minimum Gasteiger partial charge on any atom is -0.480 e. The Morgan fingerprint density at radius 1 is 1.42 bits per heavy atom. The Bertz CT molecular complexity index is 470. The number of anilines is 1. The fourth-order valence-electron chi connectivity index (χ4n) is 1.15. The van der Waals surface area contributed by atoms with Gasteiger partial charge in [0.2, 0.25) is 0 Å². The summed E-state index contributed by atoms with van der Waals surface area (Å²) in [5.41, 5.74) is 0.422. The fourth-order valence-corrected chi connectivity index (χ4v) is 1.60. The van der Waals surface area contributed by atoms with Gasteiger partial charge in [-0.1, -0.05) is 0 Å². The van der Waals surface area contributed by atoms with Crippen molar-refractivity contribution in [1.29, 1.82) is 0 Å². The van der Waals surface area contributed by atoms with Crippen molar-refractivity contribution in [2.45, 2.75) is 0 Å². The molecular formula is C11H12BrFN2O4. The molecule has 1 aromatic carbocycles. The third-order valence-corrected chi connectivity index (χ3v) is 2.59. The number of carbonyl (C=O) groups is 2. The van der Waals surface area contributed by atoms with Gasteiger partial charge in [-0.15, -0.1) is 0 Å². The molecule has 3 N–H and O–H groups in total. The normalized spacial score (nSPS) is 10.0. The van der Waals surface area contributed by atoms with Crippen molar-refractivity contribution in [3.8, 4) is 0 Å². The van der Waals surface area contributed by atoms with Crippen LogP contribution in [0.1, 0.15) is 0 Å². The molecule has 0 heterocycles. The van der Waals surface area contributed by atoms with Crippen molar-refractivity contribution in [3.05, 3.63) is 28.5 Å². The first kappa shape index (κ1) is 15.4. The van der Waals surface area contributed by atoms with Gasteiger partial charge in [0.15, 0.2) is 0 Å². The number of carbonyl (C=O) groups excluding carboxylic acids is 1. The van der Waals surface area contributed by atoms with Gasteiger partial charge in [-0.3, -0.25) is 0 Å². The minimum absolute atomic E-state index is 0.0876. The van der Waals surface area contributed by atoms with E-state index in [4.69, 9.17) is 9.84 Å². The third-order valence-electron chi connectivity index (χ3n) is 1.94. The average Bonchev–Trinajstić information content (AvgIpc) is 2.32. The van der Waals surface area contributed by atoms with Crippen molar-refractivity contribution >= 4 is 33.6 Å². The van der Waals surface area contributed by atoms with E-state index in [-0.39, 0.29) is 13.2 Å². The van der Waals surface area contributed by atoms with Gasteiger partial charge >= 0.3 is 12.0 Å². The molecule has 1 aromatic rings. The number of amides is 2. The van der Waals surface area contributed by atoms with Crippen molar-refractivity contribution in [2.75, 3.05) is 25.1 Å². The van der Waals surface area contributed by atoms with Crippen LogP contribution in [0, 0.1) is 5.82 Å². The van der Waals surface area contributed by atoms with Crippen LogP contribution in [-0.4, -0.2) is 36.9 Å². The Morgan fingerprint density at radius 3 is 2.79 bits per heavy atom. The Kier molecular flexibility index (Phi) is 6.23. The molecule has 0 spiro atoms. The SMILES string of the molecule is O=C(O)COCCNC(=O)Nc1ccc(F)cc1Br. The number of benzene rings is 1. The molecule has 0 bridgehead atoms. The Balaban J connectivity index is 2.29. The molecule has 0 aliphatic carbocycles. The maximum Gasteiger partial charge on any atom is 0.329 e. The van der Waals surface area contributed by atoms with Gasteiger partial charge in [0.1, 0.15) is 12.4 Å². The van der Waals surface area contributed by atoms with Crippen LogP contribution >= 0.6 is 15.9 Å². The van der Waals surface area contributed by atoms with Crippen LogP contribution in [0.2, 0.25) is 0 Å². The van der Waals surface area contributed by atoms with E-state index in [0.717, 1.165) is 0 Å². The monoisotopic (exact) mass is 334 g/mol. The van der Waals surface area contributed by atoms with Crippen LogP contribution in [0.15, 0.2) is 22.7 Å². The number of carboxylic acid groups (broad SMARTS) is 1. The second-order valence-electron chi connectivity index (χ2n) is 3.45. The first-order chi connectivity index (χ1) is 8.99. The molecule has 6 nitrogen and oxygen atoms in total. The molecule has 0 saturated heterocycles. The lowest BCUT2D eigenvalue weighted by Gasteiger charge is -2.09. The van der Waals surface area contributed by atoms with E-state index < -0.39 is 24.4 Å². The lowest BCUT2D eigenvalue weighted by Crippen LogP contribution is -2.32. The maximum atomic E-state index is 12.8. The van der Waals surface area contributed by atoms with E-state index in [2.05, 4.69) is 26.6 Å².